The van der Waals surface area contributed by atoms with Gasteiger partial charge in [0.2, 0.25) is 5.91 Å². The van der Waals surface area contributed by atoms with Crippen LogP contribution in [0.15, 0.2) is 84.9 Å². The average molecular weight is 462 g/mol. The molecular formula is C27H28FN3O3. The maximum Gasteiger partial charge on any atom is 0.408 e. The zero-order valence-electron chi connectivity index (χ0n) is 18.9. The Labute approximate surface area is 198 Å². The molecule has 3 aromatic carbocycles. The van der Waals surface area contributed by atoms with Crippen LogP contribution in [0.3, 0.4) is 0 Å². The predicted octanol–water partition coefficient (Wildman–Crippen LogP) is 4.01. The van der Waals surface area contributed by atoms with Crippen LogP contribution in [-0.4, -0.2) is 49.1 Å². The van der Waals surface area contributed by atoms with E-state index in [1.165, 1.54) is 6.07 Å². The number of nitrogens with zero attached hydrogens (tertiary/aromatic N) is 2. The van der Waals surface area contributed by atoms with Gasteiger partial charge >= 0.3 is 6.09 Å². The van der Waals surface area contributed by atoms with E-state index < -0.39 is 12.1 Å². The van der Waals surface area contributed by atoms with E-state index in [2.05, 4.69) is 5.32 Å². The van der Waals surface area contributed by atoms with Crippen molar-refractivity contribution in [2.75, 3.05) is 31.1 Å². The predicted molar refractivity (Wildman–Crippen MR) is 129 cm³/mol. The molecule has 0 aromatic heterocycles. The van der Waals surface area contributed by atoms with Crippen LogP contribution in [0.2, 0.25) is 0 Å². The van der Waals surface area contributed by atoms with E-state index >= 15 is 0 Å². The smallest absolute Gasteiger partial charge is 0.408 e. The van der Waals surface area contributed by atoms with E-state index in [-0.39, 0.29) is 18.3 Å². The first kappa shape index (κ1) is 23.3. The first-order valence-electron chi connectivity index (χ1n) is 11.4. The van der Waals surface area contributed by atoms with Crippen LogP contribution < -0.4 is 10.2 Å². The van der Waals surface area contributed by atoms with Gasteiger partial charge in [0.15, 0.2) is 0 Å². The summed E-state index contributed by atoms with van der Waals surface area (Å²) in [5.41, 5.74) is 2.35. The summed E-state index contributed by atoms with van der Waals surface area (Å²) >= 11 is 0. The van der Waals surface area contributed by atoms with Gasteiger partial charge in [0.1, 0.15) is 18.5 Å². The van der Waals surface area contributed by atoms with E-state index in [4.69, 9.17) is 4.74 Å². The van der Waals surface area contributed by atoms with Crippen molar-refractivity contribution in [2.45, 2.75) is 19.1 Å². The number of piperazine rings is 1. The molecule has 0 unspecified atom stereocenters. The fourth-order valence-corrected chi connectivity index (χ4v) is 4.05. The van der Waals surface area contributed by atoms with Gasteiger partial charge in [-0.1, -0.05) is 72.8 Å². The molecule has 1 heterocycles. The fourth-order valence-electron chi connectivity index (χ4n) is 4.05. The highest BCUT2D eigenvalue weighted by molar-refractivity contribution is 5.86. The molecule has 0 saturated carbocycles. The first-order chi connectivity index (χ1) is 16.6. The Hall–Kier alpha value is -3.87. The summed E-state index contributed by atoms with van der Waals surface area (Å²) in [6, 6.07) is 24.8. The second-order valence-corrected chi connectivity index (χ2v) is 8.21. The summed E-state index contributed by atoms with van der Waals surface area (Å²) in [5.74, 6) is -0.444. The normalized spacial score (nSPS) is 14.4. The number of carbonyl (C=O) groups is 2. The summed E-state index contributed by atoms with van der Waals surface area (Å²) in [4.78, 5) is 29.6. The Morgan fingerprint density at radius 3 is 2.06 bits per heavy atom. The van der Waals surface area contributed by atoms with Crippen molar-refractivity contribution in [2.24, 2.45) is 0 Å². The number of anilines is 1. The number of hydrogen-bond acceptors (Lipinski definition) is 4. The molecule has 176 valence electrons. The van der Waals surface area contributed by atoms with Crippen molar-refractivity contribution >= 4 is 17.7 Å². The van der Waals surface area contributed by atoms with Crippen molar-refractivity contribution in [1.82, 2.24) is 10.2 Å². The zero-order chi connectivity index (χ0) is 23.8. The van der Waals surface area contributed by atoms with Gasteiger partial charge in [0, 0.05) is 32.6 Å². The molecule has 4 rings (SSSR count). The maximum absolute atomic E-state index is 14.2. The van der Waals surface area contributed by atoms with Crippen LogP contribution in [0, 0.1) is 5.82 Å². The lowest BCUT2D eigenvalue weighted by Gasteiger charge is -2.37. The number of nitrogens with one attached hydrogen (secondary N) is 1. The molecule has 34 heavy (non-hydrogen) atoms. The van der Waals surface area contributed by atoms with Gasteiger partial charge in [0.25, 0.3) is 0 Å². The number of carbonyl (C=O) groups excluding carboxylic acids is 2. The summed E-state index contributed by atoms with van der Waals surface area (Å²) < 4.78 is 19.5. The van der Waals surface area contributed by atoms with Crippen molar-refractivity contribution in [3.05, 3.63) is 102 Å². The third-order valence-corrected chi connectivity index (χ3v) is 5.87. The Bertz CT molecular complexity index is 1090. The SMILES string of the molecule is O=C(N[C@@H](Cc1ccccc1)C(=O)N1CCN(c2ccccc2F)CC1)OCc1ccccc1. The minimum Gasteiger partial charge on any atom is -0.445 e. The molecule has 1 N–H and O–H groups in total. The first-order valence-corrected chi connectivity index (χ1v) is 11.4. The molecule has 1 saturated heterocycles. The van der Waals surface area contributed by atoms with Gasteiger partial charge in [-0.2, -0.15) is 0 Å². The van der Waals surface area contributed by atoms with Gasteiger partial charge in [-0.25, -0.2) is 9.18 Å². The summed E-state index contributed by atoms with van der Waals surface area (Å²) in [5, 5.41) is 2.76. The van der Waals surface area contributed by atoms with Crippen molar-refractivity contribution < 1.29 is 18.7 Å². The Kier molecular flexibility index (Phi) is 7.75. The highest BCUT2D eigenvalue weighted by Gasteiger charge is 2.30. The number of ether oxygens (including phenoxy) is 1. The number of benzene rings is 3. The van der Waals surface area contributed by atoms with E-state index in [1.54, 1.807) is 23.1 Å². The molecule has 0 spiro atoms. The lowest BCUT2D eigenvalue weighted by Crippen LogP contribution is -2.55. The molecular weight excluding hydrogens is 433 g/mol. The Morgan fingerprint density at radius 1 is 0.824 bits per heavy atom. The number of halogens is 1. The van der Waals surface area contributed by atoms with Crippen molar-refractivity contribution in [3.8, 4) is 0 Å². The van der Waals surface area contributed by atoms with E-state index in [1.807, 2.05) is 65.6 Å². The monoisotopic (exact) mass is 461 g/mol. The molecule has 0 bridgehead atoms. The molecule has 3 aromatic rings. The molecule has 2 amide bonds. The topological polar surface area (TPSA) is 61.9 Å². The second-order valence-electron chi connectivity index (χ2n) is 8.21. The third-order valence-electron chi connectivity index (χ3n) is 5.87. The van der Waals surface area contributed by atoms with Gasteiger partial charge in [-0.05, 0) is 23.3 Å². The van der Waals surface area contributed by atoms with Crippen LogP contribution in [0.25, 0.3) is 0 Å². The Balaban J connectivity index is 1.39. The van der Waals surface area contributed by atoms with Gasteiger partial charge in [-0.3, -0.25) is 4.79 Å². The average Bonchev–Trinajstić information content (AvgIpc) is 2.88. The fraction of sp³-hybridized carbons (Fsp3) is 0.259. The number of para-hydroxylation sites is 1. The molecule has 1 atom stereocenters. The van der Waals surface area contributed by atoms with Gasteiger partial charge < -0.3 is 19.9 Å². The van der Waals surface area contributed by atoms with E-state index in [9.17, 15) is 14.0 Å². The molecule has 1 aliphatic heterocycles. The molecule has 7 heteroatoms. The number of hydrogen-bond donors (Lipinski definition) is 1. The number of alkyl carbamates (subject to hydrolysis) is 1. The number of rotatable bonds is 7. The maximum atomic E-state index is 14.2. The lowest BCUT2D eigenvalue weighted by atomic mass is 10.0. The van der Waals surface area contributed by atoms with Crippen molar-refractivity contribution in [1.29, 1.82) is 0 Å². The third kappa shape index (κ3) is 6.13. The summed E-state index contributed by atoms with van der Waals surface area (Å²) in [6.45, 7) is 2.05. The minimum atomic E-state index is -0.759. The zero-order valence-corrected chi connectivity index (χ0v) is 18.9. The van der Waals surface area contributed by atoms with Crippen LogP contribution >= 0.6 is 0 Å². The largest absolute Gasteiger partial charge is 0.445 e. The van der Waals surface area contributed by atoms with Crippen LogP contribution in [-0.2, 0) is 22.6 Å². The van der Waals surface area contributed by atoms with Gasteiger partial charge in [-0.15, -0.1) is 0 Å². The van der Waals surface area contributed by atoms with Gasteiger partial charge in [0.05, 0.1) is 5.69 Å². The van der Waals surface area contributed by atoms with Crippen molar-refractivity contribution in [3.63, 3.8) is 0 Å². The highest BCUT2D eigenvalue weighted by atomic mass is 19.1. The Morgan fingerprint density at radius 2 is 1.41 bits per heavy atom. The highest BCUT2D eigenvalue weighted by Crippen LogP contribution is 2.20. The molecule has 1 aliphatic rings. The standard InChI is InChI=1S/C27H28FN3O3/c28-23-13-7-8-14-25(23)30-15-17-31(18-16-30)26(32)24(19-21-9-3-1-4-10-21)29-27(33)34-20-22-11-5-2-6-12-22/h1-14,24H,15-20H2,(H,29,33)/t24-/m0/s1. The summed E-state index contributed by atoms with van der Waals surface area (Å²) in [7, 11) is 0. The molecule has 6 nitrogen and oxygen atoms in total. The molecule has 0 aliphatic carbocycles. The minimum absolute atomic E-state index is 0.125. The summed E-state index contributed by atoms with van der Waals surface area (Å²) in [6.07, 6.45) is -0.281. The van der Waals surface area contributed by atoms with Crippen LogP contribution in [0.4, 0.5) is 14.9 Å². The lowest BCUT2D eigenvalue weighted by molar-refractivity contribution is -0.133. The molecule has 0 radical (unpaired) electrons. The van der Waals surface area contributed by atoms with Crippen LogP contribution in [0.5, 0.6) is 0 Å². The van der Waals surface area contributed by atoms with Crippen LogP contribution in [0.1, 0.15) is 11.1 Å². The number of amides is 2. The molecule has 1 fully saturated rings. The quantitative estimate of drug-likeness (QED) is 0.578. The van der Waals surface area contributed by atoms with E-state index in [0.717, 1.165) is 11.1 Å². The van der Waals surface area contributed by atoms with E-state index in [0.29, 0.717) is 38.3 Å². The second kappa shape index (κ2) is 11.3.